The van der Waals surface area contributed by atoms with Crippen molar-refractivity contribution < 1.29 is 14.3 Å². The van der Waals surface area contributed by atoms with E-state index < -0.39 is 0 Å². The zero-order valence-electron chi connectivity index (χ0n) is 10.9. The molecule has 0 unspecified atom stereocenters. The first-order valence-corrected chi connectivity index (χ1v) is 6.48. The molecule has 2 aliphatic rings. The molecule has 2 fully saturated rings. The minimum Gasteiger partial charge on any atom is -0.381 e. The van der Waals surface area contributed by atoms with E-state index in [-0.39, 0.29) is 11.3 Å². The minimum atomic E-state index is 0.174. The highest BCUT2D eigenvalue weighted by atomic mass is 16.5. The van der Waals surface area contributed by atoms with Crippen molar-refractivity contribution in [1.29, 1.82) is 0 Å². The molecule has 0 N–H and O–H groups in total. The fraction of sp³-hybridized carbons (Fsp3) is 0.923. The highest BCUT2D eigenvalue weighted by Gasteiger charge is 2.35. The van der Waals surface area contributed by atoms with E-state index in [9.17, 15) is 4.79 Å². The van der Waals surface area contributed by atoms with Crippen LogP contribution in [0.5, 0.6) is 0 Å². The Kier molecular flexibility index (Phi) is 4.05. The Hall–Kier alpha value is -0.610. The van der Waals surface area contributed by atoms with Crippen LogP contribution in [0.3, 0.4) is 0 Å². The van der Waals surface area contributed by atoms with Crippen LogP contribution in [0.1, 0.15) is 26.2 Å². The highest BCUT2D eigenvalue weighted by molar-refractivity contribution is 5.76. The summed E-state index contributed by atoms with van der Waals surface area (Å²) in [7, 11) is 1.90. The van der Waals surface area contributed by atoms with Gasteiger partial charge in [0, 0.05) is 38.6 Å². The van der Waals surface area contributed by atoms with Crippen LogP contribution >= 0.6 is 0 Å². The fourth-order valence-corrected chi connectivity index (χ4v) is 2.57. The van der Waals surface area contributed by atoms with E-state index in [0.29, 0.717) is 12.3 Å². The van der Waals surface area contributed by atoms with E-state index in [1.54, 1.807) is 0 Å². The summed E-state index contributed by atoms with van der Waals surface area (Å²) in [6, 6.07) is 0. The van der Waals surface area contributed by atoms with Crippen molar-refractivity contribution >= 4 is 5.91 Å². The Labute approximate surface area is 103 Å². The van der Waals surface area contributed by atoms with E-state index in [1.165, 1.54) is 0 Å². The number of rotatable bonds is 4. The average Bonchev–Trinajstić information content (AvgIpc) is 2.28. The summed E-state index contributed by atoms with van der Waals surface area (Å²) in [6.45, 7) is 6.13. The summed E-state index contributed by atoms with van der Waals surface area (Å²) in [5.41, 5.74) is 0.174. The molecular formula is C13H23NO3. The van der Waals surface area contributed by atoms with Gasteiger partial charge in [-0.15, -0.1) is 0 Å². The van der Waals surface area contributed by atoms with Crippen LogP contribution < -0.4 is 0 Å². The number of hydrogen-bond donors (Lipinski definition) is 0. The van der Waals surface area contributed by atoms with Gasteiger partial charge in [-0.25, -0.2) is 0 Å². The topological polar surface area (TPSA) is 38.8 Å². The lowest BCUT2D eigenvalue weighted by molar-refractivity contribution is -0.143. The van der Waals surface area contributed by atoms with Crippen molar-refractivity contribution in [1.82, 2.24) is 4.90 Å². The van der Waals surface area contributed by atoms with Gasteiger partial charge in [-0.05, 0) is 18.8 Å². The molecule has 0 spiro atoms. The molecule has 1 atom stereocenters. The second kappa shape index (κ2) is 5.36. The molecule has 0 aromatic rings. The van der Waals surface area contributed by atoms with E-state index >= 15 is 0 Å². The minimum absolute atomic E-state index is 0.174. The molecule has 4 heteroatoms. The third kappa shape index (κ3) is 3.42. The van der Waals surface area contributed by atoms with Gasteiger partial charge in [0.2, 0.25) is 5.91 Å². The Morgan fingerprint density at radius 2 is 2.18 bits per heavy atom. The SMILES string of the molecule is CN(CC1(C)COC1)C(=O)C[C@@H]1CCCOC1. The number of carbonyl (C=O) groups excluding carboxylic acids is 1. The summed E-state index contributed by atoms with van der Waals surface area (Å²) in [5.74, 6) is 0.665. The predicted molar refractivity (Wildman–Crippen MR) is 64.7 cm³/mol. The summed E-state index contributed by atoms with van der Waals surface area (Å²) < 4.78 is 10.6. The number of nitrogens with zero attached hydrogens (tertiary/aromatic N) is 1. The van der Waals surface area contributed by atoms with E-state index in [0.717, 1.165) is 45.8 Å². The van der Waals surface area contributed by atoms with Crippen molar-refractivity contribution in [2.24, 2.45) is 11.3 Å². The average molecular weight is 241 g/mol. The van der Waals surface area contributed by atoms with Gasteiger partial charge in [0.25, 0.3) is 0 Å². The molecule has 2 heterocycles. The lowest BCUT2D eigenvalue weighted by atomic mass is 9.88. The molecule has 0 aliphatic carbocycles. The summed E-state index contributed by atoms with van der Waals surface area (Å²) >= 11 is 0. The molecular weight excluding hydrogens is 218 g/mol. The van der Waals surface area contributed by atoms with Gasteiger partial charge in [0.05, 0.1) is 13.2 Å². The van der Waals surface area contributed by atoms with Crippen LogP contribution in [0.25, 0.3) is 0 Å². The predicted octanol–water partition coefficient (Wildman–Crippen LogP) is 1.30. The monoisotopic (exact) mass is 241 g/mol. The fourth-order valence-electron chi connectivity index (χ4n) is 2.57. The van der Waals surface area contributed by atoms with Crippen molar-refractivity contribution in [3.05, 3.63) is 0 Å². The molecule has 2 rings (SSSR count). The third-order valence-electron chi connectivity index (χ3n) is 3.66. The largest absolute Gasteiger partial charge is 0.381 e. The second-order valence-electron chi connectivity index (χ2n) is 5.84. The standard InChI is InChI=1S/C13H23NO3/c1-13(9-17-10-13)8-14(2)12(15)6-11-4-3-5-16-7-11/h11H,3-10H2,1-2H3/t11-/m0/s1. The van der Waals surface area contributed by atoms with Gasteiger partial charge in [0.15, 0.2) is 0 Å². The zero-order valence-corrected chi connectivity index (χ0v) is 10.9. The maximum atomic E-state index is 12.1. The maximum absolute atomic E-state index is 12.1. The lowest BCUT2D eigenvalue weighted by Gasteiger charge is -2.41. The Morgan fingerprint density at radius 3 is 2.71 bits per heavy atom. The van der Waals surface area contributed by atoms with E-state index in [2.05, 4.69) is 6.92 Å². The number of hydrogen-bond acceptors (Lipinski definition) is 3. The van der Waals surface area contributed by atoms with Crippen molar-refractivity contribution in [2.75, 3.05) is 40.0 Å². The van der Waals surface area contributed by atoms with Gasteiger partial charge < -0.3 is 14.4 Å². The first-order valence-electron chi connectivity index (χ1n) is 6.48. The molecule has 0 bridgehead atoms. The maximum Gasteiger partial charge on any atom is 0.222 e. The summed E-state index contributed by atoms with van der Waals surface area (Å²) in [6.07, 6.45) is 2.85. The van der Waals surface area contributed by atoms with Crippen molar-refractivity contribution in [2.45, 2.75) is 26.2 Å². The van der Waals surface area contributed by atoms with Crippen LogP contribution in [0, 0.1) is 11.3 Å². The highest BCUT2D eigenvalue weighted by Crippen LogP contribution is 2.27. The van der Waals surface area contributed by atoms with Gasteiger partial charge in [-0.1, -0.05) is 6.92 Å². The molecule has 1 amide bonds. The molecule has 2 saturated heterocycles. The van der Waals surface area contributed by atoms with Crippen molar-refractivity contribution in [3.8, 4) is 0 Å². The summed E-state index contributed by atoms with van der Waals surface area (Å²) in [5, 5.41) is 0. The number of carbonyl (C=O) groups is 1. The van der Waals surface area contributed by atoms with Crippen LogP contribution in [0.4, 0.5) is 0 Å². The van der Waals surface area contributed by atoms with Crippen LogP contribution in [0.15, 0.2) is 0 Å². The van der Waals surface area contributed by atoms with Gasteiger partial charge in [-0.3, -0.25) is 4.79 Å². The molecule has 0 saturated carbocycles. The molecule has 2 aliphatic heterocycles. The zero-order chi connectivity index (χ0) is 12.3. The molecule has 98 valence electrons. The van der Waals surface area contributed by atoms with E-state index in [4.69, 9.17) is 9.47 Å². The van der Waals surface area contributed by atoms with Crippen LogP contribution in [-0.2, 0) is 14.3 Å². The molecule has 0 radical (unpaired) electrons. The van der Waals surface area contributed by atoms with Gasteiger partial charge >= 0.3 is 0 Å². The lowest BCUT2D eigenvalue weighted by Crippen LogP contribution is -2.49. The number of amides is 1. The van der Waals surface area contributed by atoms with Crippen LogP contribution in [-0.4, -0.2) is 50.8 Å². The Morgan fingerprint density at radius 1 is 1.41 bits per heavy atom. The first-order chi connectivity index (χ1) is 8.09. The third-order valence-corrected chi connectivity index (χ3v) is 3.66. The Balaban J connectivity index is 1.74. The van der Waals surface area contributed by atoms with Crippen LogP contribution in [0.2, 0.25) is 0 Å². The van der Waals surface area contributed by atoms with Gasteiger partial charge in [0.1, 0.15) is 0 Å². The molecule has 17 heavy (non-hydrogen) atoms. The van der Waals surface area contributed by atoms with Crippen molar-refractivity contribution in [3.63, 3.8) is 0 Å². The normalized spacial score (nSPS) is 27.3. The number of ether oxygens (including phenoxy) is 2. The molecule has 0 aromatic carbocycles. The summed E-state index contributed by atoms with van der Waals surface area (Å²) in [4.78, 5) is 13.9. The quantitative estimate of drug-likeness (QED) is 0.744. The smallest absolute Gasteiger partial charge is 0.222 e. The van der Waals surface area contributed by atoms with Gasteiger partial charge in [-0.2, -0.15) is 0 Å². The second-order valence-corrected chi connectivity index (χ2v) is 5.84. The first kappa shape index (κ1) is 12.8. The molecule has 0 aromatic heterocycles. The Bertz CT molecular complexity index is 270. The molecule has 4 nitrogen and oxygen atoms in total. The van der Waals surface area contributed by atoms with E-state index in [1.807, 2.05) is 11.9 Å².